The van der Waals surface area contributed by atoms with Gasteiger partial charge in [-0.15, -0.1) is 5.10 Å². The summed E-state index contributed by atoms with van der Waals surface area (Å²) in [7, 11) is 1.65. The molecule has 1 aliphatic heterocycles. The van der Waals surface area contributed by atoms with E-state index in [2.05, 4.69) is 25.5 Å². The van der Waals surface area contributed by atoms with Gasteiger partial charge in [-0.3, -0.25) is 4.98 Å². The molecule has 10 nitrogen and oxygen atoms in total. The molecule has 0 amide bonds. The number of nitrogens with zero attached hydrogens (tertiary/aromatic N) is 7. The Labute approximate surface area is 179 Å². The van der Waals surface area contributed by atoms with E-state index in [0.29, 0.717) is 29.9 Å². The highest BCUT2D eigenvalue weighted by atomic mass is 16.5. The Balaban J connectivity index is 1.60. The van der Waals surface area contributed by atoms with Crippen LogP contribution in [-0.4, -0.2) is 63.0 Å². The number of ether oxygens (including phenoxy) is 1. The van der Waals surface area contributed by atoms with Crippen LogP contribution in [-0.2, 0) is 11.3 Å². The van der Waals surface area contributed by atoms with Crippen molar-refractivity contribution in [2.75, 3.05) is 43.5 Å². The fraction of sp³-hybridized carbons (Fsp3) is 0.286. The van der Waals surface area contributed by atoms with Crippen molar-refractivity contribution in [1.29, 1.82) is 0 Å². The first-order chi connectivity index (χ1) is 15.3. The molecule has 0 spiro atoms. The molecule has 0 atom stereocenters. The van der Waals surface area contributed by atoms with Crippen molar-refractivity contribution in [3.8, 4) is 5.82 Å². The first-order valence-corrected chi connectivity index (χ1v) is 10.2. The van der Waals surface area contributed by atoms with Crippen LogP contribution in [0.15, 0.2) is 48.9 Å². The third-order valence-electron chi connectivity index (χ3n) is 5.07. The van der Waals surface area contributed by atoms with Gasteiger partial charge < -0.3 is 20.3 Å². The van der Waals surface area contributed by atoms with Gasteiger partial charge >= 0.3 is 0 Å². The zero-order valence-electron chi connectivity index (χ0n) is 17.2. The molecule has 158 valence electrons. The van der Waals surface area contributed by atoms with E-state index < -0.39 is 0 Å². The Kier molecular flexibility index (Phi) is 5.38. The number of anilines is 3. The van der Waals surface area contributed by atoms with Gasteiger partial charge in [0, 0.05) is 57.1 Å². The lowest BCUT2D eigenvalue weighted by Gasteiger charge is -2.28. The van der Waals surface area contributed by atoms with E-state index >= 15 is 0 Å². The van der Waals surface area contributed by atoms with Crippen molar-refractivity contribution in [3.63, 3.8) is 0 Å². The van der Waals surface area contributed by atoms with E-state index in [9.17, 15) is 0 Å². The first kappa shape index (κ1) is 19.3. The molecule has 4 heterocycles. The smallest absolute Gasteiger partial charge is 0.162 e. The summed E-state index contributed by atoms with van der Waals surface area (Å²) < 4.78 is 7.15. The molecule has 0 bridgehead atoms. The fourth-order valence-corrected chi connectivity index (χ4v) is 3.65. The molecule has 1 saturated heterocycles. The van der Waals surface area contributed by atoms with Crippen LogP contribution in [0.1, 0.15) is 5.82 Å². The number of benzene rings is 1. The Morgan fingerprint density at radius 3 is 2.74 bits per heavy atom. The summed E-state index contributed by atoms with van der Waals surface area (Å²) in [5, 5.41) is 12.4. The largest absolute Gasteiger partial charge is 0.377 e. The van der Waals surface area contributed by atoms with Crippen molar-refractivity contribution in [3.05, 3.63) is 54.7 Å². The predicted octanol–water partition coefficient (Wildman–Crippen LogP) is 1.91. The molecular formula is C21H23N9O. The quantitative estimate of drug-likeness (QED) is 0.486. The summed E-state index contributed by atoms with van der Waals surface area (Å²) in [6.07, 6.45) is 4.94. The number of hydrogen-bond acceptors (Lipinski definition) is 9. The maximum atomic E-state index is 5.32. The van der Waals surface area contributed by atoms with Crippen molar-refractivity contribution in [2.24, 2.45) is 0 Å². The number of methoxy groups -OCH3 is 1. The highest BCUT2D eigenvalue weighted by molar-refractivity contribution is 5.92. The van der Waals surface area contributed by atoms with Gasteiger partial charge in [-0.05, 0) is 12.1 Å². The minimum absolute atomic E-state index is 0.330. The molecule has 1 aromatic carbocycles. The van der Waals surface area contributed by atoms with Crippen molar-refractivity contribution in [1.82, 2.24) is 35.0 Å². The number of para-hydroxylation sites is 1. The molecule has 5 rings (SSSR count). The lowest BCUT2D eigenvalue weighted by molar-refractivity contribution is 0.177. The summed E-state index contributed by atoms with van der Waals surface area (Å²) in [5.74, 6) is 3.51. The SMILES string of the molecule is COCc1nc(N2CCNCC2)cc(-n2nc(Nc3cnccn3)c3ccccc32)n1. The number of piperazine rings is 1. The molecule has 4 aromatic rings. The molecule has 1 fully saturated rings. The second-order valence-corrected chi connectivity index (χ2v) is 7.16. The Morgan fingerprint density at radius 1 is 1.10 bits per heavy atom. The minimum atomic E-state index is 0.330. The summed E-state index contributed by atoms with van der Waals surface area (Å²) in [6.45, 7) is 3.97. The van der Waals surface area contributed by atoms with Gasteiger partial charge in [0.15, 0.2) is 17.5 Å². The molecule has 10 heteroatoms. The van der Waals surface area contributed by atoms with Gasteiger partial charge in [-0.1, -0.05) is 12.1 Å². The van der Waals surface area contributed by atoms with E-state index in [1.165, 1.54) is 0 Å². The van der Waals surface area contributed by atoms with Crippen LogP contribution >= 0.6 is 0 Å². The van der Waals surface area contributed by atoms with Gasteiger partial charge in [-0.2, -0.15) is 0 Å². The normalized spacial score (nSPS) is 14.2. The van der Waals surface area contributed by atoms with Gasteiger partial charge in [-0.25, -0.2) is 19.6 Å². The lowest BCUT2D eigenvalue weighted by Crippen LogP contribution is -2.44. The lowest BCUT2D eigenvalue weighted by atomic mass is 10.2. The molecular weight excluding hydrogens is 394 g/mol. The predicted molar refractivity (Wildman–Crippen MR) is 118 cm³/mol. The molecule has 0 saturated carbocycles. The maximum absolute atomic E-state index is 5.32. The van der Waals surface area contributed by atoms with Crippen LogP contribution < -0.4 is 15.5 Å². The summed E-state index contributed by atoms with van der Waals surface area (Å²) in [5.41, 5.74) is 0.933. The standard InChI is InChI=1S/C21H23N9O/c1-31-14-18-25-19(29-10-8-22-9-11-29)12-20(26-18)30-16-5-3-2-4-15(16)21(28-30)27-17-13-23-6-7-24-17/h2-7,12-13,22H,8-11,14H2,1H3,(H,24,27,28). The number of rotatable bonds is 6. The maximum Gasteiger partial charge on any atom is 0.162 e. The second-order valence-electron chi connectivity index (χ2n) is 7.16. The molecule has 3 aromatic heterocycles. The highest BCUT2D eigenvalue weighted by Crippen LogP contribution is 2.28. The average molecular weight is 417 g/mol. The monoisotopic (exact) mass is 417 g/mol. The summed E-state index contributed by atoms with van der Waals surface area (Å²) in [6, 6.07) is 9.99. The third-order valence-corrected chi connectivity index (χ3v) is 5.07. The topological polar surface area (TPSA) is 106 Å². The Hall–Kier alpha value is -3.63. The number of aromatic nitrogens is 6. The van der Waals surface area contributed by atoms with Crippen molar-refractivity contribution >= 4 is 28.4 Å². The molecule has 2 N–H and O–H groups in total. The van der Waals surface area contributed by atoms with E-state index in [4.69, 9.17) is 19.8 Å². The van der Waals surface area contributed by atoms with Gasteiger partial charge in [0.1, 0.15) is 18.2 Å². The molecule has 0 aliphatic carbocycles. The zero-order valence-corrected chi connectivity index (χ0v) is 17.2. The van der Waals surface area contributed by atoms with Gasteiger partial charge in [0.25, 0.3) is 0 Å². The molecule has 0 radical (unpaired) electrons. The fourth-order valence-electron chi connectivity index (χ4n) is 3.65. The Morgan fingerprint density at radius 2 is 1.94 bits per heavy atom. The molecule has 0 unspecified atom stereocenters. The van der Waals surface area contributed by atoms with E-state index in [1.54, 1.807) is 25.7 Å². The number of fused-ring (bicyclic) bond motifs is 1. The number of hydrogen-bond donors (Lipinski definition) is 2. The van der Waals surface area contributed by atoms with Crippen LogP contribution in [0.25, 0.3) is 16.7 Å². The second kappa shape index (κ2) is 8.62. The van der Waals surface area contributed by atoms with Crippen molar-refractivity contribution in [2.45, 2.75) is 6.61 Å². The van der Waals surface area contributed by atoms with Crippen LogP contribution in [0.4, 0.5) is 17.5 Å². The third kappa shape index (κ3) is 4.03. The van der Waals surface area contributed by atoms with Crippen LogP contribution in [0.3, 0.4) is 0 Å². The first-order valence-electron chi connectivity index (χ1n) is 10.2. The summed E-state index contributed by atoms with van der Waals surface area (Å²) in [4.78, 5) is 20.1. The number of nitrogens with one attached hydrogen (secondary N) is 2. The van der Waals surface area contributed by atoms with E-state index in [1.807, 2.05) is 35.0 Å². The minimum Gasteiger partial charge on any atom is -0.377 e. The van der Waals surface area contributed by atoms with E-state index in [-0.39, 0.29) is 0 Å². The Bertz CT molecular complexity index is 1170. The van der Waals surface area contributed by atoms with E-state index in [0.717, 1.165) is 42.9 Å². The van der Waals surface area contributed by atoms with Crippen molar-refractivity contribution < 1.29 is 4.74 Å². The molecule has 1 aliphatic rings. The zero-order chi connectivity index (χ0) is 21.0. The van der Waals surface area contributed by atoms with Crippen LogP contribution in [0.2, 0.25) is 0 Å². The van der Waals surface area contributed by atoms with Crippen LogP contribution in [0, 0.1) is 0 Å². The van der Waals surface area contributed by atoms with Crippen LogP contribution in [0.5, 0.6) is 0 Å². The summed E-state index contributed by atoms with van der Waals surface area (Å²) >= 11 is 0. The molecule has 31 heavy (non-hydrogen) atoms. The highest BCUT2D eigenvalue weighted by Gasteiger charge is 2.18. The van der Waals surface area contributed by atoms with Gasteiger partial charge in [0.2, 0.25) is 0 Å². The average Bonchev–Trinajstić information content (AvgIpc) is 3.19. The van der Waals surface area contributed by atoms with Gasteiger partial charge in [0.05, 0.1) is 11.7 Å².